The highest BCUT2D eigenvalue weighted by Gasteiger charge is 2.43. The van der Waals surface area contributed by atoms with Crippen LogP contribution in [0.1, 0.15) is 56.2 Å². The summed E-state index contributed by atoms with van der Waals surface area (Å²) < 4.78 is 11.2. The normalized spacial score (nSPS) is 19.9. The standard InChI is InChI=1S/C26H32N2O4/c1-3-32-22-15-14-20(16-23(22)31-2)25-26(30)27(21-12-8-5-9-13-21)18-24(29)28(25)17-19-10-6-4-7-11-19/h4,6-7,10-11,14-16,21,25H,3,5,8-9,12-13,17-18H2,1-2H3/t25-/m0/s1. The van der Waals surface area contributed by atoms with Gasteiger partial charge in [-0.05, 0) is 43.0 Å². The van der Waals surface area contributed by atoms with Crippen LogP contribution in [0.4, 0.5) is 0 Å². The van der Waals surface area contributed by atoms with Crippen LogP contribution < -0.4 is 9.47 Å². The lowest BCUT2D eigenvalue weighted by atomic mass is 9.91. The van der Waals surface area contributed by atoms with Gasteiger partial charge in [0.05, 0.1) is 13.7 Å². The van der Waals surface area contributed by atoms with Crippen molar-refractivity contribution in [3.8, 4) is 11.5 Å². The summed E-state index contributed by atoms with van der Waals surface area (Å²) >= 11 is 0. The number of hydrogen-bond acceptors (Lipinski definition) is 4. The molecule has 0 radical (unpaired) electrons. The van der Waals surface area contributed by atoms with Gasteiger partial charge in [-0.25, -0.2) is 0 Å². The lowest BCUT2D eigenvalue weighted by Crippen LogP contribution is -2.58. The molecule has 2 aromatic carbocycles. The number of carbonyl (C=O) groups excluding carboxylic acids is 2. The van der Waals surface area contributed by atoms with E-state index in [9.17, 15) is 9.59 Å². The van der Waals surface area contributed by atoms with Gasteiger partial charge < -0.3 is 19.3 Å². The first-order valence-corrected chi connectivity index (χ1v) is 11.6. The van der Waals surface area contributed by atoms with Crippen LogP contribution in [-0.2, 0) is 16.1 Å². The molecule has 0 bridgehead atoms. The molecule has 170 valence electrons. The molecule has 2 aromatic rings. The van der Waals surface area contributed by atoms with Crippen molar-refractivity contribution in [2.75, 3.05) is 20.3 Å². The van der Waals surface area contributed by atoms with E-state index in [4.69, 9.17) is 9.47 Å². The first kappa shape index (κ1) is 22.2. The quantitative estimate of drug-likeness (QED) is 0.648. The van der Waals surface area contributed by atoms with Crippen LogP contribution in [0.3, 0.4) is 0 Å². The fourth-order valence-corrected chi connectivity index (χ4v) is 4.86. The predicted molar refractivity (Wildman–Crippen MR) is 122 cm³/mol. The van der Waals surface area contributed by atoms with E-state index >= 15 is 0 Å². The van der Waals surface area contributed by atoms with Gasteiger partial charge in [-0.1, -0.05) is 55.7 Å². The lowest BCUT2D eigenvalue weighted by Gasteiger charge is -2.44. The summed E-state index contributed by atoms with van der Waals surface area (Å²) in [5.74, 6) is 1.18. The van der Waals surface area contributed by atoms with E-state index in [2.05, 4.69) is 0 Å². The number of benzene rings is 2. The molecule has 2 fully saturated rings. The van der Waals surface area contributed by atoms with E-state index in [0.29, 0.717) is 24.7 Å². The molecule has 1 aliphatic carbocycles. The highest BCUT2D eigenvalue weighted by Crippen LogP contribution is 2.37. The number of carbonyl (C=O) groups is 2. The van der Waals surface area contributed by atoms with Gasteiger partial charge in [-0.15, -0.1) is 0 Å². The molecule has 0 spiro atoms. The average molecular weight is 437 g/mol. The van der Waals surface area contributed by atoms with Gasteiger partial charge in [0.15, 0.2) is 11.5 Å². The maximum atomic E-state index is 13.8. The summed E-state index contributed by atoms with van der Waals surface area (Å²) in [5.41, 5.74) is 1.75. The zero-order valence-corrected chi connectivity index (χ0v) is 19.0. The topological polar surface area (TPSA) is 59.1 Å². The highest BCUT2D eigenvalue weighted by atomic mass is 16.5. The Hall–Kier alpha value is -3.02. The van der Waals surface area contributed by atoms with Crippen LogP contribution in [0.2, 0.25) is 0 Å². The van der Waals surface area contributed by atoms with E-state index in [-0.39, 0.29) is 24.4 Å². The maximum Gasteiger partial charge on any atom is 0.250 e. The third kappa shape index (κ3) is 4.59. The average Bonchev–Trinajstić information content (AvgIpc) is 2.83. The molecule has 1 heterocycles. The van der Waals surface area contributed by atoms with Crippen LogP contribution in [-0.4, -0.2) is 47.9 Å². The summed E-state index contributed by atoms with van der Waals surface area (Å²) in [4.78, 5) is 30.8. The molecule has 2 aliphatic rings. The Morgan fingerprint density at radius 1 is 0.969 bits per heavy atom. The number of amides is 2. The number of methoxy groups -OCH3 is 1. The molecule has 0 aromatic heterocycles. The van der Waals surface area contributed by atoms with E-state index < -0.39 is 6.04 Å². The summed E-state index contributed by atoms with van der Waals surface area (Å²) in [6.07, 6.45) is 5.36. The van der Waals surface area contributed by atoms with Crippen LogP contribution in [0.25, 0.3) is 0 Å². The minimum atomic E-state index is -0.678. The number of ether oxygens (including phenoxy) is 2. The number of rotatable bonds is 7. The second kappa shape index (κ2) is 10.1. The van der Waals surface area contributed by atoms with E-state index in [1.54, 1.807) is 12.0 Å². The third-order valence-electron chi connectivity index (χ3n) is 6.47. The van der Waals surface area contributed by atoms with E-state index in [1.165, 1.54) is 6.42 Å². The third-order valence-corrected chi connectivity index (χ3v) is 6.47. The molecule has 6 nitrogen and oxygen atoms in total. The second-order valence-electron chi connectivity index (χ2n) is 8.51. The first-order valence-electron chi connectivity index (χ1n) is 11.6. The Kier molecular flexibility index (Phi) is 6.98. The zero-order chi connectivity index (χ0) is 22.5. The molecule has 32 heavy (non-hydrogen) atoms. The molecule has 1 saturated heterocycles. The summed E-state index contributed by atoms with van der Waals surface area (Å²) in [5, 5.41) is 0. The molecular formula is C26H32N2O4. The van der Waals surface area contributed by atoms with Crippen molar-refractivity contribution >= 4 is 11.8 Å². The minimum Gasteiger partial charge on any atom is -0.493 e. The van der Waals surface area contributed by atoms with Gasteiger partial charge >= 0.3 is 0 Å². The molecule has 1 atom stereocenters. The van der Waals surface area contributed by atoms with Crippen molar-refractivity contribution < 1.29 is 19.1 Å². The summed E-state index contributed by atoms with van der Waals surface area (Å²) in [7, 11) is 1.59. The van der Waals surface area contributed by atoms with Crippen molar-refractivity contribution in [1.82, 2.24) is 9.80 Å². The maximum absolute atomic E-state index is 13.8. The summed E-state index contributed by atoms with van der Waals surface area (Å²) in [6.45, 7) is 2.98. The van der Waals surface area contributed by atoms with Crippen LogP contribution >= 0.6 is 0 Å². The van der Waals surface area contributed by atoms with Crippen molar-refractivity contribution in [3.05, 3.63) is 59.7 Å². The molecule has 1 saturated carbocycles. The second-order valence-corrected chi connectivity index (χ2v) is 8.51. The Labute approximate surface area is 190 Å². The predicted octanol–water partition coefficient (Wildman–Crippen LogP) is 4.34. The largest absolute Gasteiger partial charge is 0.493 e. The van der Waals surface area contributed by atoms with E-state index in [1.807, 2.05) is 60.4 Å². The Bertz CT molecular complexity index is 940. The fraction of sp³-hybridized carbons (Fsp3) is 0.462. The van der Waals surface area contributed by atoms with Gasteiger partial charge in [0.1, 0.15) is 12.6 Å². The number of nitrogens with zero attached hydrogens (tertiary/aromatic N) is 2. The van der Waals surface area contributed by atoms with E-state index in [0.717, 1.165) is 36.8 Å². The minimum absolute atomic E-state index is 0.00126. The smallest absolute Gasteiger partial charge is 0.250 e. The Morgan fingerprint density at radius 2 is 1.72 bits per heavy atom. The highest BCUT2D eigenvalue weighted by molar-refractivity contribution is 5.96. The SMILES string of the molecule is CCOc1ccc([C@H]2C(=O)N(C3CCCCC3)CC(=O)N2Cc2ccccc2)cc1OC. The first-order chi connectivity index (χ1) is 15.6. The number of piperazine rings is 1. The molecule has 0 unspecified atom stereocenters. The summed E-state index contributed by atoms with van der Waals surface area (Å²) in [6, 6.07) is 14.8. The number of hydrogen-bond donors (Lipinski definition) is 0. The Balaban J connectivity index is 1.71. The Morgan fingerprint density at radius 3 is 2.41 bits per heavy atom. The van der Waals surface area contributed by atoms with Crippen LogP contribution in [0.15, 0.2) is 48.5 Å². The molecule has 6 heteroatoms. The van der Waals surface area contributed by atoms with Gasteiger partial charge in [0, 0.05) is 12.6 Å². The van der Waals surface area contributed by atoms with Gasteiger partial charge in [0.25, 0.3) is 5.91 Å². The van der Waals surface area contributed by atoms with Crippen molar-refractivity contribution in [1.29, 1.82) is 0 Å². The van der Waals surface area contributed by atoms with Crippen LogP contribution in [0, 0.1) is 0 Å². The zero-order valence-electron chi connectivity index (χ0n) is 19.0. The van der Waals surface area contributed by atoms with Gasteiger partial charge in [-0.2, -0.15) is 0 Å². The lowest BCUT2D eigenvalue weighted by molar-refractivity contribution is -0.160. The van der Waals surface area contributed by atoms with Crippen LogP contribution in [0.5, 0.6) is 11.5 Å². The monoisotopic (exact) mass is 436 g/mol. The van der Waals surface area contributed by atoms with Crippen molar-refractivity contribution in [2.24, 2.45) is 0 Å². The molecular weight excluding hydrogens is 404 g/mol. The molecule has 1 aliphatic heterocycles. The van der Waals surface area contributed by atoms with Gasteiger partial charge in [-0.3, -0.25) is 9.59 Å². The van der Waals surface area contributed by atoms with Gasteiger partial charge in [0.2, 0.25) is 5.91 Å². The molecule has 0 N–H and O–H groups in total. The van der Waals surface area contributed by atoms with Crippen molar-refractivity contribution in [2.45, 2.75) is 57.7 Å². The molecule has 2 amide bonds. The fourth-order valence-electron chi connectivity index (χ4n) is 4.86. The van der Waals surface area contributed by atoms with Crippen molar-refractivity contribution in [3.63, 3.8) is 0 Å². The molecule has 4 rings (SSSR count).